The van der Waals surface area contributed by atoms with Gasteiger partial charge in [0, 0.05) is 12.2 Å². The first-order valence-corrected chi connectivity index (χ1v) is 6.65. The van der Waals surface area contributed by atoms with E-state index in [4.69, 9.17) is 0 Å². The number of anilines is 1. The third kappa shape index (κ3) is 3.57. The third-order valence-electron chi connectivity index (χ3n) is 3.33. The lowest BCUT2D eigenvalue weighted by molar-refractivity contribution is 0.628. The molecule has 100 valence electrons. The first-order chi connectivity index (χ1) is 9.06. The minimum absolute atomic E-state index is 0.205. The molecule has 0 amide bonds. The molecule has 1 N–H and O–H groups in total. The van der Waals surface area contributed by atoms with Gasteiger partial charge in [-0.2, -0.15) is 0 Å². The molecule has 2 heteroatoms. The summed E-state index contributed by atoms with van der Waals surface area (Å²) in [5.74, 6) is 0.343. The van der Waals surface area contributed by atoms with E-state index in [-0.39, 0.29) is 5.82 Å². The Morgan fingerprint density at radius 3 is 2.37 bits per heavy atom. The van der Waals surface area contributed by atoms with Crippen LogP contribution in [0.1, 0.15) is 36.5 Å². The van der Waals surface area contributed by atoms with Gasteiger partial charge < -0.3 is 5.32 Å². The smallest absolute Gasteiger partial charge is 0.125 e. The van der Waals surface area contributed by atoms with Crippen LogP contribution in [0.25, 0.3) is 0 Å². The Labute approximate surface area is 114 Å². The second-order valence-electron chi connectivity index (χ2n) is 5.21. The van der Waals surface area contributed by atoms with Crippen LogP contribution in [-0.4, -0.2) is 0 Å². The number of benzene rings is 2. The van der Waals surface area contributed by atoms with E-state index in [1.165, 1.54) is 23.3 Å². The summed E-state index contributed by atoms with van der Waals surface area (Å²) < 4.78 is 13.2. The molecule has 19 heavy (non-hydrogen) atoms. The van der Waals surface area contributed by atoms with E-state index in [0.717, 1.165) is 11.3 Å². The average Bonchev–Trinajstić information content (AvgIpc) is 2.40. The van der Waals surface area contributed by atoms with Crippen LogP contribution in [0.4, 0.5) is 10.1 Å². The summed E-state index contributed by atoms with van der Waals surface area (Å²) in [5.41, 5.74) is 4.45. The molecule has 0 heterocycles. The standard InChI is InChI=1S/C17H20FN/c1-12(2)15-7-5-14(6-8-15)11-19-17-10-16(18)9-4-13(17)3/h4-10,12,19H,11H2,1-3H3. The summed E-state index contributed by atoms with van der Waals surface area (Å²) in [6, 6.07) is 13.4. The van der Waals surface area contributed by atoms with Gasteiger partial charge in [0.1, 0.15) is 5.82 Å². The molecule has 2 rings (SSSR count). The first-order valence-electron chi connectivity index (χ1n) is 6.65. The van der Waals surface area contributed by atoms with Crippen LogP contribution in [0, 0.1) is 12.7 Å². The average molecular weight is 257 g/mol. The van der Waals surface area contributed by atoms with Gasteiger partial charge in [-0.1, -0.05) is 44.2 Å². The Balaban J connectivity index is 2.04. The molecule has 0 aliphatic rings. The van der Waals surface area contributed by atoms with Crippen LogP contribution >= 0.6 is 0 Å². The Kier molecular flexibility index (Phi) is 4.20. The second kappa shape index (κ2) is 5.87. The summed E-state index contributed by atoms with van der Waals surface area (Å²) >= 11 is 0. The van der Waals surface area contributed by atoms with E-state index in [1.807, 2.05) is 6.92 Å². The summed E-state index contributed by atoms with van der Waals surface area (Å²) in [5, 5.41) is 3.28. The molecule has 2 aromatic carbocycles. The molecule has 1 nitrogen and oxygen atoms in total. The molecular weight excluding hydrogens is 237 g/mol. The molecule has 0 unspecified atom stereocenters. The molecule has 0 aliphatic carbocycles. The minimum atomic E-state index is -0.205. The Morgan fingerprint density at radius 1 is 1.05 bits per heavy atom. The Bertz CT molecular complexity index is 544. The molecule has 0 saturated carbocycles. The fourth-order valence-corrected chi connectivity index (χ4v) is 2.00. The Morgan fingerprint density at radius 2 is 1.74 bits per heavy atom. The molecule has 2 aromatic rings. The number of hydrogen-bond donors (Lipinski definition) is 1. The van der Waals surface area contributed by atoms with E-state index in [1.54, 1.807) is 6.07 Å². The third-order valence-corrected chi connectivity index (χ3v) is 3.33. The number of nitrogens with one attached hydrogen (secondary N) is 1. The van der Waals surface area contributed by atoms with Crippen molar-refractivity contribution >= 4 is 5.69 Å². The zero-order chi connectivity index (χ0) is 13.8. The summed E-state index contributed by atoms with van der Waals surface area (Å²) in [6.07, 6.45) is 0. The van der Waals surface area contributed by atoms with Crippen LogP contribution in [0.2, 0.25) is 0 Å². The number of hydrogen-bond acceptors (Lipinski definition) is 1. The van der Waals surface area contributed by atoms with Gasteiger partial charge in [-0.3, -0.25) is 0 Å². The van der Waals surface area contributed by atoms with Crippen molar-refractivity contribution in [2.75, 3.05) is 5.32 Å². The van der Waals surface area contributed by atoms with Crippen LogP contribution in [-0.2, 0) is 6.54 Å². The SMILES string of the molecule is Cc1ccc(F)cc1NCc1ccc(C(C)C)cc1. The molecule has 0 bridgehead atoms. The second-order valence-corrected chi connectivity index (χ2v) is 5.21. The summed E-state index contributed by atoms with van der Waals surface area (Å²) in [7, 11) is 0. The van der Waals surface area contributed by atoms with Gasteiger partial charge in [-0.25, -0.2) is 4.39 Å². The fraction of sp³-hybridized carbons (Fsp3) is 0.294. The van der Waals surface area contributed by atoms with E-state index in [2.05, 4.69) is 43.4 Å². The van der Waals surface area contributed by atoms with E-state index in [9.17, 15) is 4.39 Å². The molecule has 0 aromatic heterocycles. The molecule has 0 aliphatic heterocycles. The lowest BCUT2D eigenvalue weighted by Crippen LogP contribution is -2.01. The van der Waals surface area contributed by atoms with Crippen molar-refractivity contribution < 1.29 is 4.39 Å². The van der Waals surface area contributed by atoms with E-state index < -0.39 is 0 Å². The van der Waals surface area contributed by atoms with Gasteiger partial charge in [0.2, 0.25) is 0 Å². The highest BCUT2D eigenvalue weighted by molar-refractivity contribution is 5.51. The van der Waals surface area contributed by atoms with Crippen molar-refractivity contribution in [2.45, 2.75) is 33.2 Å². The van der Waals surface area contributed by atoms with Crippen LogP contribution in [0.15, 0.2) is 42.5 Å². The number of aryl methyl sites for hydroxylation is 1. The van der Waals surface area contributed by atoms with Gasteiger partial charge in [-0.15, -0.1) is 0 Å². The van der Waals surface area contributed by atoms with Crippen molar-refractivity contribution in [1.29, 1.82) is 0 Å². The predicted molar refractivity (Wildman–Crippen MR) is 79.0 cm³/mol. The number of halogens is 1. The normalized spacial score (nSPS) is 10.8. The van der Waals surface area contributed by atoms with Crippen molar-refractivity contribution in [3.05, 3.63) is 65.0 Å². The monoisotopic (exact) mass is 257 g/mol. The van der Waals surface area contributed by atoms with Crippen molar-refractivity contribution in [2.24, 2.45) is 0 Å². The zero-order valence-corrected chi connectivity index (χ0v) is 11.7. The molecule has 0 atom stereocenters. The minimum Gasteiger partial charge on any atom is -0.381 e. The highest BCUT2D eigenvalue weighted by Crippen LogP contribution is 2.18. The fourth-order valence-electron chi connectivity index (χ4n) is 2.00. The quantitative estimate of drug-likeness (QED) is 0.824. The molecule has 0 spiro atoms. The van der Waals surface area contributed by atoms with Gasteiger partial charge >= 0.3 is 0 Å². The first kappa shape index (κ1) is 13.6. The maximum Gasteiger partial charge on any atom is 0.125 e. The van der Waals surface area contributed by atoms with Crippen LogP contribution in [0.5, 0.6) is 0 Å². The lowest BCUT2D eigenvalue weighted by atomic mass is 10.0. The maximum absolute atomic E-state index is 13.2. The topological polar surface area (TPSA) is 12.0 Å². The highest BCUT2D eigenvalue weighted by atomic mass is 19.1. The lowest BCUT2D eigenvalue weighted by Gasteiger charge is -2.11. The van der Waals surface area contributed by atoms with Gasteiger partial charge in [0.15, 0.2) is 0 Å². The van der Waals surface area contributed by atoms with Gasteiger partial charge in [-0.05, 0) is 41.7 Å². The summed E-state index contributed by atoms with van der Waals surface area (Å²) in [4.78, 5) is 0. The van der Waals surface area contributed by atoms with Crippen molar-refractivity contribution in [3.63, 3.8) is 0 Å². The summed E-state index contributed by atoms with van der Waals surface area (Å²) in [6.45, 7) is 7.05. The molecule has 0 fully saturated rings. The number of rotatable bonds is 4. The van der Waals surface area contributed by atoms with E-state index in [0.29, 0.717) is 12.5 Å². The molecule has 0 radical (unpaired) electrons. The largest absolute Gasteiger partial charge is 0.381 e. The zero-order valence-electron chi connectivity index (χ0n) is 11.7. The Hall–Kier alpha value is -1.83. The van der Waals surface area contributed by atoms with Crippen molar-refractivity contribution in [3.8, 4) is 0 Å². The molecular formula is C17H20FN. The predicted octanol–water partition coefficient (Wildman–Crippen LogP) is 4.87. The maximum atomic E-state index is 13.2. The highest BCUT2D eigenvalue weighted by Gasteiger charge is 2.02. The van der Waals surface area contributed by atoms with E-state index >= 15 is 0 Å². The van der Waals surface area contributed by atoms with Crippen molar-refractivity contribution in [1.82, 2.24) is 0 Å². The van der Waals surface area contributed by atoms with Crippen LogP contribution < -0.4 is 5.32 Å². The van der Waals surface area contributed by atoms with Gasteiger partial charge in [0.25, 0.3) is 0 Å². The van der Waals surface area contributed by atoms with Gasteiger partial charge in [0.05, 0.1) is 0 Å². The van der Waals surface area contributed by atoms with Crippen LogP contribution in [0.3, 0.4) is 0 Å². The molecule has 0 saturated heterocycles.